The molecule has 0 bridgehead atoms. The molecular weight excluding hydrogens is 260 g/mol. The van der Waals surface area contributed by atoms with Crippen LogP contribution in [-0.4, -0.2) is 11.8 Å². The van der Waals surface area contributed by atoms with Crippen molar-refractivity contribution in [3.8, 4) is 0 Å². The number of rotatable bonds is 4. The Morgan fingerprint density at radius 2 is 2.00 bits per heavy atom. The van der Waals surface area contributed by atoms with Gasteiger partial charge in [0, 0.05) is 36.0 Å². The molecule has 20 heavy (non-hydrogen) atoms. The lowest BCUT2D eigenvalue weighted by atomic mass is 10.1. The molecule has 3 N–H and O–H groups in total. The molecule has 2 aromatic rings. The van der Waals surface area contributed by atoms with E-state index in [9.17, 15) is 14.4 Å². The van der Waals surface area contributed by atoms with Crippen LogP contribution in [0.4, 0.5) is 5.69 Å². The minimum atomic E-state index is -0.528. The van der Waals surface area contributed by atoms with Gasteiger partial charge in [0.15, 0.2) is 0 Å². The van der Waals surface area contributed by atoms with Crippen molar-refractivity contribution in [3.05, 3.63) is 40.2 Å². The van der Waals surface area contributed by atoms with E-state index < -0.39 is 11.5 Å². The molecule has 1 heterocycles. The van der Waals surface area contributed by atoms with Gasteiger partial charge >= 0.3 is 5.63 Å². The first-order valence-electron chi connectivity index (χ1n) is 6.08. The van der Waals surface area contributed by atoms with Crippen LogP contribution in [0.15, 0.2) is 33.5 Å². The standard InChI is InChI=1S/C14H14N2O4/c1-8-6-14(19)20-11-7-9(2-3-10(8)11)16-13(18)5-4-12(15)17/h2-3,6-7H,4-5H2,1H3,(H2,15,17)(H,16,18). The van der Waals surface area contributed by atoms with E-state index in [1.54, 1.807) is 18.2 Å². The summed E-state index contributed by atoms with van der Waals surface area (Å²) in [6, 6.07) is 6.45. The summed E-state index contributed by atoms with van der Waals surface area (Å²) in [5, 5.41) is 3.42. The van der Waals surface area contributed by atoms with Crippen molar-refractivity contribution < 1.29 is 14.0 Å². The van der Waals surface area contributed by atoms with Crippen molar-refractivity contribution in [1.82, 2.24) is 0 Å². The molecule has 0 unspecified atom stereocenters. The fraction of sp³-hybridized carbons (Fsp3) is 0.214. The van der Waals surface area contributed by atoms with E-state index in [0.29, 0.717) is 11.3 Å². The number of hydrogen-bond acceptors (Lipinski definition) is 4. The minimum absolute atomic E-state index is 0.00634. The Kier molecular flexibility index (Phi) is 3.84. The lowest BCUT2D eigenvalue weighted by molar-refractivity contribution is -0.122. The first kappa shape index (κ1) is 13.8. The SMILES string of the molecule is Cc1cc(=O)oc2cc(NC(=O)CCC(N)=O)ccc12. The van der Waals surface area contributed by atoms with Gasteiger partial charge in [-0.1, -0.05) is 0 Å². The maximum atomic E-state index is 11.6. The lowest BCUT2D eigenvalue weighted by Crippen LogP contribution is -2.17. The van der Waals surface area contributed by atoms with Crippen LogP contribution in [0.2, 0.25) is 0 Å². The third-order valence-electron chi connectivity index (χ3n) is 2.83. The minimum Gasteiger partial charge on any atom is -0.423 e. The number of benzene rings is 1. The molecule has 0 aliphatic rings. The Bertz CT molecular complexity index is 734. The molecule has 104 valence electrons. The molecule has 0 atom stereocenters. The largest absolute Gasteiger partial charge is 0.423 e. The molecule has 6 nitrogen and oxygen atoms in total. The van der Waals surface area contributed by atoms with Crippen LogP contribution in [0.5, 0.6) is 0 Å². The normalized spacial score (nSPS) is 10.4. The third-order valence-corrected chi connectivity index (χ3v) is 2.83. The van der Waals surface area contributed by atoms with Crippen LogP contribution in [-0.2, 0) is 9.59 Å². The van der Waals surface area contributed by atoms with Crippen LogP contribution in [0, 0.1) is 6.92 Å². The van der Waals surface area contributed by atoms with Gasteiger partial charge in [-0.2, -0.15) is 0 Å². The molecule has 2 amide bonds. The molecule has 0 spiro atoms. The molecule has 1 aromatic heterocycles. The van der Waals surface area contributed by atoms with Crippen LogP contribution in [0.1, 0.15) is 18.4 Å². The van der Waals surface area contributed by atoms with E-state index in [2.05, 4.69) is 5.32 Å². The number of fused-ring (bicyclic) bond motifs is 1. The van der Waals surface area contributed by atoms with Crippen LogP contribution in [0.25, 0.3) is 11.0 Å². The zero-order valence-corrected chi connectivity index (χ0v) is 10.9. The number of nitrogens with two attached hydrogens (primary N) is 1. The van der Waals surface area contributed by atoms with Crippen LogP contribution in [0.3, 0.4) is 0 Å². The van der Waals surface area contributed by atoms with Gasteiger partial charge in [-0.3, -0.25) is 9.59 Å². The summed E-state index contributed by atoms with van der Waals surface area (Å²) in [5.41, 5.74) is 6.25. The Morgan fingerprint density at radius 1 is 1.25 bits per heavy atom. The number of hydrogen-bond donors (Lipinski definition) is 2. The Morgan fingerprint density at radius 3 is 2.70 bits per heavy atom. The highest BCUT2D eigenvalue weighted by Crippen LogP contribution is 2.20. The number of carbonyl (C=O) groups excluding carboxylic acids is 2. The van der Waals surface area contributed by atoms with Crippen LogP contribution < -0.4 is 16.7 Å². The molecule has 0 radical (unpaired) electrons. The van der Waals surface area contributed by atoms with Gasteiger partial charge in [0.25, 0.3) is 0 Å². The molecular formula is C14H14N2O4. The van der Waals surface area contributed by atoms with Gasteiger partial charge in [-0.15, -0.1) is 0 Å². The van der Waals surface area contributed by atoms with Gasteiger partial charge in [0.1, 0.15) is 5.58 Å². The maximum Gasteiger partial charge on any atom is 0.336 e. The summed E-state index contributed by atoms with van der Waals surface area (Å²) in [7, 11) is 0. The monoisotopic (exact) mass is 274 g/mol. The first-order chi connectivity index (χ1) is 9.45. The predicted molar refractivity (Wildman–Crippen MR) is 74.3 cm³/mol. The van der Waals surface area contributed by atoms with Crippen molar-refractivity contribution in [2.45, 2.75) is 19.8 Å². The number of aryl methyl sites for hydroxylation is 1. The molecule has 1 aromatic carbocycles. The highest BCUT2D eigenvalue weighted by Gasteiger charge is 2.07. The van der Waals surface area contributed by atoms with Gasteiger partial charge in [-0.25, -0.2) is 4.79 Å². The van der Waals surface area contributed by atoms with Crippen molar-refractivity contribution in [2.75, 3.05) is 5.32 Å². The Hall–Kier alpha value is -2.63. The van der Waals surface area contributed by atoms with Crippen molar-refractivity contribution in [2.24, 2.45) is 5.73 Å². The third kappa shape index (κ3) is 3.23. The molecule has 0 aliphatic carbocycles. The summed E-state index contributed by atoms with van der Waals surface area (Å²) in [6.45, 7) is 1.81. The summed E-state index contributed by atoms with van der Waals surface area (Å²) in [5.74, 6) is -0.849. The van der Waals surface area contributed by atoms with Crippen LogP contribution >= 0.6 is 0 Å². The lowest BCUT2D eigenvalue weighted by Gasteiger charge is -2.06. The summed E-state index contributed by atoms with van der Waals surface area (Å²) < 4.78 is 5.08. The van der Waals surface area contributed by atoms with E-state index in [-0.39, 0.29) is 18.7 Å². The molecule has 0 saturated heterocycles. The number of amides is 2. The molecule has 0 aliphatic heterocycles. The second-order valence-electron chi connectivity index (χ2n) is 4.47. The van der Waals surface area contributed by atoms with Gasteiger partial charge in [0.2, 0.25) is 11.8 Å². The molecule has 0 saturated carbocycles. The highest BCUT2D eigenvalue weighted by atomic mass is 16.4. The highest BCUT2D eigenvalue weighted by molar-refractivity contribution is 5.95. The smallest absolute Gasteiger partial charge is 0.336 e. The second-order valence-corrected chi connectivity index (χ2v) is 4.47. The maximum absolute atomic E-state index is 11.6. The van der Waals surface area contributed by atoms with E-state index in [4.69, 9.17) is 10.2 Å². The molecule has 2 rings (SSSR count). The van der Waals surface area contributed by atoms with E-state index in [1.807, 2.05) is 6.92 Å². The zero-order chi connectivity index (χ0) is 14.7. The topological polar surface area (TPSA) is 102 Å². The summed E-state index contributed by atoms with van der Waals surface area (Å²) >= 11 is 0. The van der Waals surface area contributed by atoms with E-state index in [0.717, 1.165) is 10.9 Å². The Balaban J connectivity index is 2.22. The van der Waals surface area contributed by atoms with Gasteiger partial charge < -0.3 is 15.5 Å². The van der Waals surface area contributed by atoms with Crippen molar-refractivity contribution >= 4 is 28.5 Å². The number of anilines is 1. The predicted octanol–water partition coefficient (Wildman–Crippen LogP) is 1.31. The first-order valence-corrected chi connectivity index (χ1v) is 6.08. The zero-order valence-electron chi connectivity index (χ0n) is 10.9. The van der Waals surface area contributed by atoms with E-state index >= 15 is 0 Å². The fourth-order valence-corrected chi connectivity index (χ4v) is 1.86. The van der Waals surface area contributed by atoms with Gasteiger partial charge in [0.05, 0.1) is 0 Å². The fourth-order valence-electron chi connectivity index (χ4n) is 1.86. The molecule has 6 heteroatoms. The quantitative estimate of drug-likeness (QED) is 0.820. The number of primary amides is 1. The average molecular weight is 274 g/mol. The Labute approximate surface area is 114 Å². The van der Waals surface area contributed by atoms with Crippen molar-refractivity contribution in [1.29, 1.82) is 0 Å². The number of nitrogens with one attached hydrogen (secondary N) is 1. The van der Waals surface area contributed by atoms with Gasteiger partial charge in [-0.05, 0) is 24.6 Å². The van der Waals surface area contributed by atoms with E-state index in [1.165, 1.54) is 6.07 Å². The summed E-state index contributed by atoms with van der Waals surface area (Å²) in [6.07, 6.45) is 0.0126. The van der Waals surface area contributed by atoms with Crippen molar-refractivity contribution in [3.63, 3.8) is 0 Å². The summed E-state index contributed by atoms with van der Waals surface area (Å²) in [4.78, 5) is 33.5. The second kappa shape index (κ2) is 5.56. The number of carbonyl (C=O) groups is 2. The average Bonchev–Trinajstić information content (AvgIpc) is 2.35. The molecule has 0 fully saturated rings.